The maximum atomic E-state index is 8.63. The molecule has 8 aromatic carbocycles. The minimum Gasteiger partial charge on any atom is -0.508 e. The summed E-state index contributed by atoms with van der Waals surface area (Å²) >= 11 is 0. The number of benzene rings is 8. The van der Waals surface area contributed by atoms with E-state index >= 15 is 0 Å². The predicted molar refractivity (Wildman–Crippen MR) is 232 cm³/mol. The van der Waals surface area contributed by atoms with Gasteiger partial charge in [-0.1, -0.05) is 146 Å². The van der Waals surface area contributed by atoms with Crippen LogP contribution in [0.4, 0.5) is 0 Å². The van der Waals surface area contributed by atoms with Crippen LogP contribution < -0.4 is 0 Å². The van der Waals surface area contributed by atoms with E-state index in [1.165, 1.54) is 0 Å². The summed E-state index contributed by atoms with van der Waals surface area (Å²) in [6.07, 6.45) is 0. The van der Waals surface area contributed by atoms with Crippen LogP contribution in [0, 0.1) is 0 Å². The second-order valence-corrected chi connectivity index (χ2v) is 10.7. The number of phenols is 8. The number of hydrogen-bond donors (Lipinski definition) is 8. The first kappa shape index (κ1) is 64.4. The zero-order valence-corrected chi connectivity index (χ0v) is 37.9. The first-order valence-electron chi connectivity index (χ1n) is 17.1. The van der Waals surface area contributed by atoms with Crippen molar-refractivity contribution < 1.29 is 117 Å². The molecular weight excluding hydrogens is 880 g/mol. The Balaban J connectivity index is -0.000000194. The number of para-hydroxylation sites is 8. The first-order valence-corrected chi connectivity index (χ1v) is 17.1. The molecule has 0 aliphatic rings. The Bertz CT molecular complexity index is 1550. The Kier molecular flexibility index (Phi) is 47.8. The molecule has 0 fully saturated rings. The molecule has 0 amide bonds. The van der Waals surface area contributed by atoms with Crippen molar-refractivity contribution in [3.63, 3.8) is 0 Å². The second kappa shape index (κ2) is 45.3. The molecular formula is C48H52O10Ti3. The van der Waals surface area contributed by atoms with E-state index in [2.05, 4.69) is 0 Å². The standard InChI is InChI=1S/8C6H6O.2H2O.3Ti/c8*7-6-4-2-1-3-5-6;;;;;/h8*1-5,7H;2*1H2;;;. The number of hydrogen-bond acceptors (Lipinski definition) is 8. The third-order valence-electron chi connectivity index (χ3n) is 6.05. The summed E-state index contributed by atoms with van der Waals surface area (Å²) < 4.78 is 0. The van der Waals surface area contributed by atoms with Gasteiger partial charge in [0.25, 0.3) is 0 Å². The van der Waals surface area contributed by atoms with Gasteiger partial charge in [0, 0.05) is 65.2 Å². The molecule has 13 heteroatoms. The molecule has 0 saturated carbocycles. The first-order chi connectivity index (χ1) is 27.2. The van der Waals surface area contributed by atoms with Crippen molar-refractivity contribution in [2.75, 3.05) is 0 Å². The van der Waals surface area contributed by atoms with E-state index < -0.39 is 0 Å². The van der Waals surface area contributed by atoms with Gasteiger partial charge in [0.1, 0.15) is 46.0 Å². The summed E-state index contributed by atoms with van der Waals surface area (Å²) in [7, 11) is 0. The molecule has 10 nitrogen and oxygen atoms in total. The topological polar surface area (TPSA) is 225 Å². The van der Waals surface area contributed by atoms with Crippen molar-refractivity contribution in [2.45, 2.75) is 0 Å². The van der Waals surface area contributed by atoms with Crippen molar-refractivity contribution in [1.29, 1.82) is 0 Å². The van der Waals surface area contributed by atoms with Gasteiger partial charge < -0.3 is 51.8 Å². The molecule has 0 atom stereocenters. The average molecular weight is 933 g/mol. The van der Waals surface area contributed by atoms with Crippen molar-refractivity contribution in [3.8, 4) is 46.0 Å². The number of aromatic hydroxyl groups is 8. The van der Waals surface area contributed by atoms with Crippen LogP contribution in [0.5, 0.6) is 46.0 Å². The van der Waals surface area contributed by atoms with Crippen molar-refractivity contribution >= 4 is 0 Å². The van der Waals surface area contributed by atoms with Gasteiger partial charge >= 0.3 is 0 Å². The molecule has 8 aromatic rings. The van der Waals surface area contributed by atoms with E-state index in [0.717, 1.165) is 0 Å². The van der Waals surface area contributed by atoms with Crippen molar-refractivity contribution in [1.82, 2.24) is 0 Å². The molecule has 61 heavy (non-hydrogen) atoms. The molecule has 0 saturated heterocycles. The summed E-state index contributed by atoms with van der Waals surface area (Å²) in [5.41, 5.74) is 0. The van der Waals surface area contributed by atoms with Crippen LogP contribution in [0.2, 0.25) is 0 Å². The molecule has 316 valence electrons. The van der Waals surface area contributed by atoms with Crippen LogP contribution in [-0.2, 0) is 65.2 Å². The maximum Gasteiger partial charge on any atom is 0.115 e. The molecule has 0 unspecified atom stereocenters. The second-order valence-electron chi connectivity index (χ2n) is 10.7. The molecule has 0 aliphatic carbocycles. The van der Waals surface area contributed by atoms with Gasteiger partial charge in [0.05, 0.1) is 0 Å². The van der Waals surface area contributed by atoms with Crippen LogP contribution in [0.1, 0.15) is 0 Å². The largest absolute Gasteiger partial charge is 0.508 e. The molecule has 8 rings (SSSR count). The van der Waals surface area contributed by atoms with Crippen LogP contribution >= 0.6 is 0 Å². The Morgan fingerprint density at radius 1 is 0.148 bits per heavy atom. The summed E-state index contributed by atoms with van der Waals surface area (Å²) in [4.78, 5) is 0. The Labute approximate surface area is 402 Å². The SMILES string of the molecule is O.O.Oc1ccccc1.Oc1ccccc1.Oc1ccccc1.Oc1ccccc1.Oc1ccccc1.Oc1ccccc1.Oc1ccccc1.Oc1ccccc1.[Ti].[Ti].[Ti]. The van der Waals surface area contributed by atoms with Gasteiger partial charge in [0.2, 0.25) is 0 Å². The van der Waals surface area contributed by atoms with Crippen LogP contribution in [0.25, 0.3) is 0 Å². The van der Waals surface area contributed by atoms with Gasteiger partial charge in [-0.25, -0.2) is 0 Å². The number of phenolic OH excluding ortho intramolecular Hbond substituents is 8. The van der Waals surface area contributed by atoms with Gasteiger partial charge in [-0.2, -0.15) is 0 Å². The summed E-state index contributed by atoms with van der Waals surface area (Å²) in [6.45, 7) is 0. The minimum atomic E-state index is 0. The van der Waals surface area contributed by atoms with E-state index in [4.69, 9.17) is 40.9 Å². The maximum absolute atomic E-state index is 8.63. The molecule has 0 aromatic heterocycles. The smallest absolute Gasteiger partial charge is 0.115 e. The van der Waals surface area contributed by atoms with Gasteiger partial charge in [0.15, 0.2) is 0 Å². The molecule has 0 aliphatic heterocycles. The molecule has 0 heterocycles. The Morgan fingerprint density at radius 2 is 0.213 bits per heavy atom. The zero-order chi connectivity index (χ0) is 40.9. The summed E-state index contributed by atoms with van der Waals surface area (Å²) in [5.74, 6) is 2.57. The van der Waals surface area contributed by atoms with E-state index in [9.17, 15) is 0 Å². The fraction of sp³-hybridized carbons (Fsp3) is 0. The normalized spacial score (nSPS) is 7.87. The van der Waals surface area contributed by atoms with Crippen LogP contribution in [0.3, 0.4) is 0 Å². The molecule has 0 bridgehead atoms. The molecule has 0 radical (unpaired) electrons. The van der Waals surface area contributed by atoms with Gasteiger partial charge in [-0.05, 0) is 97.1 Å². The van der Waals surface area contributed by atoms with Crippen molar-refractivity contribution in [3.05, 3.63) is 243 Å². The van der Waals surface area contributed by atoms with E-state index in [-0.39, 0.29) is 76.1 Å². The van der Waals surface area contributed by atoms with E-state index in [1.54, 1.807) is 194 Å². The van der Waals surface area contributed by atoms with Crippen LogP contribution in [-0.4, -0.2) is 51.8 Å². The molecule has 12 N–H and O–H groups in total. The molecule has 0 spiro atoms. The fourth-order valence-electron chi connectivity index (χ4n) is 3.42. The van der Waals surface area contributed by atoms with E-state index in [1.807, 2.05) is 48.5 Å². The summed E-state index contributed by atoms with van der Waals surface area (Å²) in [5, 5.41) is 69.1. The van der Waals surface area contributed by atoms with E-state index in [0.29, 0.717) is 46.0 Å². The Morgan fingerprint density at radius 3 is 0.246 bits per heavy atom. The third kappa shape index (κ3) is 43.6. The quantitative estimate of drug-likeness (QED) is 0.0682. The van der Waals surface area contributed by atoms with Gasteiger partial charge in [-0.15, -0.1) is 0 Å². The monoisotopic (exact) mass is 932 g/mol. The van der Waals surface area contributed by atoms with Crippen LogP contribution in [0.15, 0.2) is 243 Å². The van der Waals surface area contributed by atoms with Gasteiger partial charge in [-0.3, -0.25) is 0 Å². The predicted octanol–water partition coefficient (Wildman–Crippen LogP) is 9.48. The number of rotatable bonds is 0. The summed E-state index contributed by atoms with van der Waals surface area (Å²) in [6, 6.07) is 69.7. The Hall–Kier alpha value is -5.78. The van der Waals surface area contributed by atoms with Crippen molar-refractivity contribution in [2.24, 2.45) is 0 Å². The third-order valence-corrected chi connectivity index (χ3v) is 6.05. The zero-order valence-electron chi connectivity index (χ0n) is 33.2. The average Bonchev–Trinajstić information content (AvgIpc) is 3.22. The fourth-order valence-corrected chi connectivity index (χ4v) is 3.42. The minimum absolute atomic E-state index is 0.